The molecule has 8 heteroatoms. The fraction of sp³-hybridized carbons (Fsp3) is 0.125. The number of nitro benzene ring substituents is 1. The zero-order valence-electron chi connectivity index (χ0n) is 22.1. The molecule has 1 N–H and O–H groups in total. The molecule has 1 aromatic heterocycles. The molecule has 40 heavy (non-hydrogen) atoms. The number of benzene rings is 4. The van der Waals surface area contributed by atoms with Gasteiger partial charge in [-0.1, -0.05) is 60.7 Å². The van der Waals surface area contributed by atoms with E-state index in [-0.39, 0.29) is 17.9 Å². The molecule has 0 bridgehead atoms. The molecule has 0 saturated heterocycles. The highest BCUT2D eigenvalue weighted by molar-refractivity contribution is 6.02. The van der Waals surface area contributed by atoms with Gasteiger partial charge in [0.05, 0.1) is 10.6 Å². The summed E-state index contributed by atoms with van der Waals surface area (Å²) in [6.07, 6.45) is 0.501. The Hall–Kier alpha value is -5.24. The Kier molecular flexibility index (Phi) is 7.68. The highest BCUT2D eigenvalue weighted by atomic mass is 16.6. The number of non-ortho nitro benzene ring substituents is 1. The molecular weight excluding hydrogens is 506 g/mol. The van der Waals surface area contributed by atoms with E-state index in [9.17, 15) is 14.9 Å². The molecule has 200 valence electrons. The van der Waals surface area contributed by atoms with Gasteiger partial charge >= 0.3 is 5.63 Å². The summed E-state index contributed by atoms with van der Waals surface area (Å²) in [6, 6.07) is 29.2. The molecule has 8 nitrogen and oxygen atoms in total. The molecule has 0 aliphatic heterocycles. The number of rotatable bonds is 9. The summed E-state index contributed by atoms with van der Waals surface area (Å²) < 4.78 is 12.0. The summed E-state index contributed by atoms with van der Waals surface area (Å²) >= 11 is 0. The number of hydrazone groups is 1. The van der Waals surface area contributed by atoms with Crippen molar-refractivity contribution >= 4 is 28.1 Å². The van der Waals surface area contributed by atoms with Crippen LogP contribution in [0.25, 0.3) is 11.0 Å². The third-order valence-electron chi connectivity index (χ3n) is 6.75. The topological polar surface area (TPSA) is 107 Å². The quantitative estimate of drug-likeness (QED) is 0.0966. The molecule has 4 aromatic carbocycles. The number of aryl methyl sites for hydroxylation is 2. The predicted octanol–water partition coefficient (Wildman–Crippen LogP) is 6.80. The highest BCUT2D eigenvalue weighted by Crippen LogP contribution is 2.30. The van der Waals surface area contributed by atoms with Crippen LogP contribution in [0.15, 0.2) is 111 Å². The summed E-state index contributed by atoms with van der Waals surface area (Å²) in [7, 11) is 0. The maximum atomic E-state index is 13.0. The Morgan fingerprint density at radius 3 is 2.25 bits per heavy atom. The molecule has 0 amide bonds. The van der Waals surface area contributed by atoms with E-state index in [1.807, 2.05) is 86.6 Å². The number of fused-ring (bicyclic) bond motifs is 1. The van der Waals surface area contributed by atoms with Gasteiger partial charge in [-0.05, 0) is 49.2 Å². The van der Waals surface area contributed by atoms with Gasteiger partial charge in [0, 0.05) is 40.6 Å². The molecule has 1 heterocycles. The number of anilines is 1. The molecule has 5 rings (SSSR count). The first kappa shape index (κ1) is 26.4. The fourth-order valence-electron chi connectivity index (χ4n) is 4.48. The summed E-state index contributed by atoms with van der Waals surface area (Å²) in [4.78, 5) is 23.5. The lowest BCUT2D eigenvalue weighted by molar-refractivity contribution is -0.384. The van der Waals surface area contributed by atoms with Gasteiger partial charge in [-0.2, -0.15) is 5.10 Å². The van der Waals surface area contributed by atoms with E-state index in [2.05, 4.69) is 10.5 Å². The Bertz CT molecular complexity index is 1750. The second-order valence-electron chi connectivity index (χ2n) is 9.35. The minimum absolute atomic E-state index is 0.00185. The van der Waals surface area contributed by atoms with Gasteiger partial charge in [0.2, 0.25) is 0 Å². The highest BCUT2D eigenvalue weighted by Gasteiger charge is 2.16. The zero-order chi connectivity index (χ0) is 28.1. The second-order valence-corrected chi connectivity index (χ2v) is 9.35. The zero-order valence-corrected chi connectivity index (χ0v) is 22.1. The average Bonchev–Trinajstić information content (AvgIpc) is 2.98. The second kappa shape index (κ2) is 11.7. The van der Waals surface area contributed by atoms with E-state index in [1.54, 1.807) is 12.1 Å². The van der Waals surface area contributed by atoms with Crippen LogP contribution in [0.1, 0.15) is 27.8 Å². The number of nitrogens with one attached hydrogen (secondary N) is 1. The Morgan fingerprint density at radius 2 is 1.57 bits per heavy atom. The van der Waals surface area contributed by atoms with Crippen LogP contribution in [-0.2, 0) is 6.42 Å². The van der Waals surface area contributed by atoms with Gasteiger partial charge in [0.1, 0.15) is 23.7 Å². The largest absolute Gasteiger partial charge is 0.487 e. The Labute approximate surface area is 230 Å². The third kappa shape index (κ3) is 5.76. The standard InChI is InChI=1S/C32H27N3O5/c1-21-27-17-18-30(22(2)31(27)40-32(36)28(21)19-23-9-5-3-6-10-23)39-20-29(24-11-7-4-8-12-24)34-33-25-13-15-26(16-14-25)35(37)38/h3-18,33H,19-20H2,1-2H3/b34-29+. The van der Waals surface area contributed by atoms with Gasteiger partial charge in [0.15, 0.2) is 0 Å². The van der Waals surface area contributed by atoms with Crippen molar-refractivity contribution in [1.82, 2.24) is 0 Å². The molecule has 0 atom stereocenters. The van der Waals surface area contributed by atoms with Crippen LogP contribution >= 0.6 is 0 Å². The van der Waals surface area contributed by atoms with Crippen LogP contribution in [0.3, 0.4) is 0 Å². The van der Waals surface area contributed by atoms with Crippen LogP contribution in [-0.4, -0.2) is 17.2 Å². The number of hydrogen-bond acceptors (Lipinski definition) is 7. The van der Waals surface area contributed by atoms with Crippen LogP contribution in [0.2, 0.25) is 0 Å². The maximum Gasteiger partial charge on any atom is 0.340 e. The van der Waals surface area contributed by atoms with Crippen LogP contribution < -0.4 is 15.8 Å². The van der Waals surface area contributed by atoms with E-state index in [0.717, 1.165) is 27.6 Å². The van der Waals surface area contributed by atoms with Crippen molar-refractivity contribution in [3.63, 3.8) is 0 Å². The first-order valence-corrected chi connectivity index (χ1v) is 12.8. The molecule has 0 spiro atoms. The third-order valence-corrected chi connectivity index (χ3v) is 6.75. The van der Waals surface area contributed by atoms with E-state index in [0.29, 0.717) is 34.7 Å². The van der Waals surface area contributed by atoms with E-state index in [4.69, 9.17) is 9.15 Å². The molecule has 0 radical (unpaired) electrons. The van der Waals surface area contributed by atoms with Gasteiger partial charge in [-0.15, -0.1) is 0 Å². The molecule has 0 saturated carbocycles. The lowest BCUT2D eigenvalue weighted by atomic mass is 9.98. The SMILES string of the molecule is Cc1c(Cc2ccccc2)c(=O)oc2c(C)c(OC/C(=N\Nc3ccc([N+](=O)[O-])cc3)c3ccccc3)ccc12. The predicted molar refractivity (Wildman–Crippen MR) is 156 cm³/mol. The number of nitro groups is 1. The van der Waals surface area contributed by atoms with Crippen LogP contribution in [0.5, 0.6) is 5.75 Å². The fourth-order valence-corrected chi connectivity index (χ4v) is 4.48. The lowest BCUT2D eigenvalue weighted by Crippen LogP contribution is -2.16. The monoisotopic (exact) mass is 533 g/mol. The van der Waals surface area contributed by atoms with Crippen molar-refractivity contribution in [2.24, 2.45) is 5.10 Å². The molecule has 0 aliphatic carbocycles. The van der Waals surface area contributed by atoms with Crippen molar-refractivity contribution in [2.75, 3.05) is 12.0 Å². The van der Waals surface area contributed by atoms with Gasteiger partial charge in [-0.3, -0.25) is 15.5 Å². The van der Waals surface area contributed by atoms with Crippen molar-refractivity contribution in [3.8, 4) is 5.75 Å². The van der Waals surface area contributed by atoms with Crippen molar-refractivity contribution < 1.29 is 14.1 Å². The van der Waals surface area contributed by atoms with Crippen LogP contribution in [0.4, 0.5) is 11.4 Å². The summed E-state index contributed by atoms with van der Waals surface area (Å²) in [5, 5.41) is 16.3. The molecule has 0 fully saturated rings. The van der Waals surface area contributed by atoms with Crippen LogP contribution in [0, 0.1) is 24.0 Å². The summed E-state index contributed by atoms with van der Waals surface area (Å²) in [6.45, 7) is 3.94. The normalized spacial score (nSPS) is 11.4. The Balaban J connectivity index is 1.41. The van der Waals surface area contributed by atoms with Gasteiger partial charge in [0.25, 0.3) is 5.69 Å². The minimum atomic E-state index is -0.449. The smallest absolute Gasteiger partial charge is 0.340 e. The van der Waals surface area contributed by atoms with Gasteiger partial charge in [-0.25, -0.2) is 4.79 Å². The van der Waals surface area contributed by atoms with Crippen molar-refractivity contribution in [1.29, 1.82) is 0 Å². The number of nitrogens with zero attached hydrogens (tertiary/aromatic N) is 2. The Morgan fingerprint density at radius 1 is 0.900 bits per heavy atom. The maximum absolute atomic E-state index is 13.0. The average molecular weight is 534 g/mol. The van der Waals surface area contributed by atoms with Crippen molar-refractivity contribution in [2.45, 2.75) is 20.3 Å². The number of ether oxygens (including phenoxy) is 1. The summed E-state index contributed by atoms with van der Waals surface area (Å²) in [5.41, 5.74) is 8.48. The molecule has 0 aliphatic rings. The van der Waals surface area contributed by atoms with E-state index >= 15 is 0 Å². The first-order valence-electron chi connectivity index (χ1n) is 12.8. The first-order chi connectivity index (χ1) is 19.4. The molecular formula is C32H27N3O5. The number of hydrogen-bond donors (Lipinski definition) is 1. The van der Waals surface area contributed by atoms with E-state index < -0.39 is 4.92 Å². The van der Waals surface area contributed by atoms with E-state index in [1.165, 1.54) is 12.1 Å². The van der Waals surface area contributed by atoms with Crippen molar-refractivity contribution in [3.05, 3.63) is 145 Å². The summed E-state index contributed by atoms with van der Waals surface area (Å²) in [5.74, 6) is 0.574. The minimum Gasteiger partial charge on any atom is -0.487 e. The van der Waals surface area contributed by atoms with Gasteiger partial charge < -0.3 is 9.15 Å². The molecule has 0 unspecified atom stereocenters. The lowest BCUT2D eigenvalue weighted by Gasteiger charge is -2.14. The molecule has 5 aromatic rings.